The molecule has 1 N–H and O–H groups in total. The summed E-state index contributed by atoms with van der Waals surface area (Å²) < 4.78 is 7.00. The van der Waals surface area contributed by atoms with Gasteiger partial charge in [0.1, 0.15) is 5.76 Å². The molecule has 0 fully saturated rings. The first-order chi connectivity index (χ1) is 11.6. The lowest BCUT2D eigenvalue weighted by Gasteiger charge is -2.20. The van der Waals surface area contributed by atoms with Crippen molar-refractivity contribution in [2.24, 2.45) is 5.10 Å². The molecule has 0 saturated carbocycles. The maximum atomic E-state index is 11.2. The smallest absolute Gasteiger partial charge is 0.304 e. The highest BCUT2D eigenvalue weighted by molar-refractivity contribution is 8.00. The Bertz CT molecular complexity index is 927. The maximum absolute atomic E-state index is 11.2. The number of rotatable bonds is 4. The van der Waals surface area contributed by atoms with Crippen LogP contribution in [0.4, 0.5) is 0 Å². The highest BCUT2D eigenvalue weighted by Gasteiger charge is 2.31. The second kappa shape index (κ2) is 5.91. The molecule has 3 aromatic heterocycles. The predicted octanol–water partition coefficient (Wildman–Crippen LogP) is 3.11. The third kappa shape index (κ3) is 2.55. The van der Waals surface area contributed by atoms with Gasteiger partial charge in [0.15, 0.2) is 5.82 Å². The van der Waals surface area contributed by atoms with Crippen molar-refractivity contribution in [1.82, 2.24) is 14.9 Å². The van der Waals surface area contributed by atoms with Crippen molar-refractivity contribution in [3.63, 3.8) is 0 Å². The highest BCUT2D eigenvalue weighted by Crippen LogP contribution is 2.36. The van der Waals surface area contributed by atoms with E-state index in [2.05, 4.69) is 15.3 Å². The fourth-order valence-electron chi connectivity index (χ4n) is 2.50. The van der Waals surface area contributed by atoms with Gasteiger partial charge in [-0.05, 0) is 24.4 Å². The number of hydrogen-bond donors (Lipinski definition) is 1. The summed E-state index contributed by atoms with van der Waals surface area (Å²) in [6.07, 6.45) is 1.58. The summed E-state index contributed by atoms with van der Waals surface area (Å²) in [7, 11) is 0. The van der Waals surface area contributed by atoms with E-state index in [-0.39, 0.29) is 11.7 Å². The molecule has 0 aromatic carbocycles. The van der Waals surface area contributed by atoms with Crippen LogP contribution in [-0.4, -0.2) is 36.9 Å². The number of thiophene rings is 1. The molecule has 0 saturated heterocycles. The SMILES string of the molecule is Cc1occc1-c1nnc2n1N=C(c1cccs1)C(CC(=O)O)S2. The van der Waals surface area contributed by atoms with Crippen molar-refractivity contribution in [2.75, 3.05) is 0 Å². The topological polar surface area (TPSA) is 93.5 Å². The maximum Gasteiger partial charge on any atom is 0.304 e. The van der Waals surface area contributed by atoms with Crippen LogP contribution in [0.2, 0.25) is 0 Å². The zero-order chi connectivity index (χ0) is 16.7. The number of carbonyl (C=O) groups is 1. The molecule has 7 nitrogen and oxygen atoms in total. The number of carboxylic acid groups (broad SMARTS) is 1. The molecule has 1 aliphatic heterocycles. The van der Waals surface area contributed by atoms with Gasteiger partial charge in [-0.3, -0.25) is 4.79 Å². The number of furan rings is 1. The first-order valence-electron chi connectivity index (χ1n) is 7.14. The Hall–Kier alpha value is -2.39. The second-order valence-corrected chi connectivity index (χ2v) is 7.29. The van der Waals surface area contributed by atoms with Crippen LogP contribution in [0.25, 0.3) is 11.4 Å². The molecule has 0 amide bonds. The van der Waals surface area contributed by atoms with Gasteiger partial charge < -0.3 is 9.52 Å². The molecule has 0 spiro atoms. The summed E-state index contributed by atoms with van der Waals surface area (Å²) in [6, 6.07) is 5.69. The first kappa shape index (κ1) is 15.2. The lowest BCUT2D eigenvalue weighted by molar-refractivity contribution is -0.136. The Balaban J connectivity index is 1.83. The summed E-state index contributed by atoms with van der Waals surface area (Å²) in [4.78, 5) is 12.2. The van der Waals surface area contributed by atoms with Gasteiger partial charge in [0.25, 0.3) is 0 Å². The van der Waals surface area contributed by atoms with Gasteiger partial charge in [0.05, 0.1) is 34.1 Å². The largest absolute Gasteiger partial charge is 0.481 e. The number of aryl methyl sites for hydroxylation is 1. The number of carboxylic acids is 1. The van der Waals surface area contributed by atoms with Crippen LogP contribution in [0, 0.1) is 6.92 Å². The van der Waals surface area contributed by atoms with Crippen molar-refractivity contribution < 1.29 is 14.3 Å². The van der Waals surface area contributed by atoms with E-state index in [4.69, 9.17) is 4.42 Å². The van der Waals surface area contributed by atoms with Crippen LogP contribution in [0.3, 0.4) is 0 Å². The Labute approximate surface area is 145 Å². The average molecular weight is 360 g/mol. The van der Waals surface area contributed by atoms with Crippen LogP contribution in [0.5, 0.6) is 0 Å². The predicted molar refractivity (Wildman–Crippen MR) is 90.6 cm³/mol. The number of fused-ring (bicyclic) bond motifs is 1. The lowest BCUT2D eigenvalue weighted by atomic mass is 10.1. The number of hydrogen-bond acceptors (Lipinski definition) is 7. The van der Waals surface area contributed by atoms with Crippen LogP contribution >= 0.6 is 23.1 Å². The third-order valence-corrected chi connectivity index (χ3v) is 5.64. The molecule has 1 atom stereocenters. The van der Waals surface area contributed by atoms with Gasteiger partial charge in [-0.1, -0.05) is 17.8 Å². The lowest BCUT2D eigenvalue weighted by Crippen LogP contribution is -2.26. The van der Waals surface area contributed by atoms with E-state index in [1.807, 2.05) is 30.5 Å². The van der Waals surface area contributed by atoms with Gasteiger partial charge >= 0.3 is 5.97 Å². The Morgan fingerprint density at radius 1 is 1.42 bits per heavy atom. The van der Waals surface area contributed by atoms with E-state index in [9.17, 15) is 9.90 Å². The quantitative estimate of drug-likeness (QED) is 0.768. The minimum absolute atomic E-state index is 0.0195. The normalized spacial score (nSPS) is 16.7. The van der Waals surface area contributed by atoms with Crippen molar-refractivity contribution in [3.05, 3.63) is 40.5 Å². The van der Waals surface area contributed by atoms with Gasteiger partial charge in [0, 0.05) is 0 Å². The monoisotopic (exact) mass is 360 g/mol. The summed E-state index contributed by atoms with van der Waals surface area (Å²) in [5, 5.41) is 24.5. The van der Waals surface area contributed by atoms with Gasteiger partial charge in [0.2, 0.25) is 5.16 Å². The molecule has 4 rings (SSSR count). The number of aromatic nitrogens is 3. The highest BCUT2D eigenvalue weighted by atomic mass is 32.2. The number of thioether (sulfide) groups is 1. The summed E-state index contributed by atoms with van der Waals surface area (Å²) in [5.41, 5.74) is 1.55. The summed E-state index contributed by atoms with van der Waals surface area (Å²) in [6.45, 7) is 1.85. The van der Waals surface area contributed by atoms with E-state index in [0.717, 1.165) is 21.9 Å². The molecule has 3 aromatic rings. The van der Waals surface area contributed by atoms with Gasteiger partial charge in [-0.2, -0.15) is 9.78 Å². The molecule has 9 heteroatoms. The van der Waals surface area contributed by atoms with E-state index in [0.29, 0.717) is 11.0 Å². The standard InChI is InChI=1S/C15H12N4O3S2/c1-8-9(4-5-22-8)14-16-17-15-19(14)18-13(10-3-2-6-23-10)11(24-15)7-12(20)21/h2-6,11H,7H2,1H3,(H,20,21). The van der Waals surface area contributed by atoms with E-state index >= 15 is 0 Å². The zero-order valence-corrected chi connectivity index (χ0v) is 14.2. The van der Waals surface area contributed by atoms with Crippen molar-refractivity contribution in [3.8, 4) is 11.4 Å². The Kier molecular flexibility index (Phi) is 3.73. The fraction of sp³-hybridized carbons (Fsp3) is 0.200. The zero-order valence-electron chi connectivity index (χ0n) is 12.5. The van der Waals surface area contributed by atoms with Crippen molar-refractivity contribution >= 4 is 34.8 Å². The van der Waals surface area contributed by atoms with E-state index in [1.165, 1.54) is 23.1 Å². The Morgan fingerprint density at radius 2 is 2.29 bits per heavy atom. The Morgan fingerprint density at radius 3 is 2.96 bits per heavy atom. The van der Waals surface area contributed by atoms with Gasteiger partial charge in [-0.25, -0.2) is 0 Å². The molecule has 1 aliphatic rings. The van der Waals surface area contributed by atoms with E-state index in [1.54, 1.807) is 10.9 Å². The van der Waals surface area contributed by atoms with Crippen LogP contribution in [0.15, 0.2) is 44.5 Å². The van der Waals surface area contributed by atoms with Crippen LogP contribution in [0.1, 0.15) is 17.1 Å². The first-order valence-corrected chi connectivity index (χ1v) is 8.90. The minimum Gasteiger partial charge on any atom is -0.481 e. The average Bonchev–Trinajstić information content (AvgIpc) is 3.25. The molecule has 0 radical (unpaired) electrons. The molecule has 122 valence electrons. The van der Waals surface area contributed by atoms with Crippen LogP contribution in [-0.2, 0) is 4.79 Å². The molecule has 0 bridgehead atoms. The van der Waals surface area contributed by atoms with Crippen molar-refractivity contribution in [1.29, 1.82) is 0 Å². The molecule has 24 heavy (non-hydrogen) atoms. The second-order valence-electron chi connectivity index (χ2n) is 5.18. The molecule has 0 aliphatic carbocycles. The van der Waals surface area contributed by atoms with Crippen LogP contribution < -0.4 is 0 Å². The molecule has 1 unspecified atom stereocenters. The van der Waals surface area contributed by atoms with Gasteiger partial charge in [-0.15, -0.1) is 21.5 Å². The minimum atomic E-state index is -0.865. The summed E-state index contributed by atoms with van der Waals surface area (Å²) >= 11 is 2.90. The summed E-state index contributed by atoms with van der Waals surface area (Å²) in [5.74, 6) is 0.456. The van der Waals surface area contributed by atoms with Crippen molar-refractivity contribution in [2.45, 2.75) is 23.8 Å². The third-order valence-electron chi connectivity index (χ3n) is 3.61. The molecule has 4 heterocycles. The van der Waals surface area contributed by atoms with E-state index < -0.39 is 5.97 Å². The molecular weight excluding hydrogens is 348 g/mol. The fourth-order valence-corrected chi connectivity index (χ4v) is 4.42. The number of nitrogens with zero attached hydrogens (tertiary/aromatic N) is 4. The number of aliphatic carboxylic acids is 1. The molecular formula is C15H12N4O3S2.